The van der Waals surface area contributed by atoms with Crippen LogP contribution in [0.2, 0.25) is 5.02 Å². The molecule has 0 aliphatic carbocycles. The van der Waals surface area contributed by atoms with Crippen molar-refractivity contribution in [1.82, 2.24) is 4.57 Å². The van der Waals surface area contributed by atoms with Crippen LogP contribution in [-0.2, 0) is 19.5 Å². The molecule has 1 aliphatic heterocycles. The Balaban J connectivity index is 1.25. The van der Waals surface area contributed by atoms with Crippen molar-refractivity contribution in [2.75, 3.05) is 0 Å². The van der Waals surface area contributed by atoms with Gasteiger partial charge in [0.05, 0.1) is 0 Å². The first-order chi connectivity index (χ1) is 14.1. The fourth-order valence-corrected chi connectivity index (χ4v) is 4.08. The molecule has 0 saturated carbocycles. The Hall–Kier alpha value is -3.11. The Morgan fingerprint density at radius 1 is 1.10 bits per heavy atom. The van der Waals surface area contributed by atoms with E-state index in [4.69, 9.17) is 16.3 Å². The van der Waals surface area contributed by atoms with Crippen LogP contribution in [0.4, 0.5) is 0 Å². The fourth-order valence-electron chi connectivity index (χ4n) is 3.89. The molecule has 0 N–H and O–H groups in total. The summed E-state index contributed by atoms with van der Waals surface area (Å²) >= 11 is 6.07. The number of rotatable bonds is 5. The number of hydrogen-bond acceptors (Lipinski definition) is 2. The maximum absolute atomic E-state index is 12.7. The highest BCUT2D eigenvalue weighted by atomic mass is 35.5. The summed E-state index contributed by atoms with van der Waals surface area (Å²) in [7, 11) is 0. The van der Waals surface area contributed by atoms with Crippen LogP contribution < -0.4 is 9.30 Å². The Labute approximate surface area is 173 Å². The standard InChI is InChI=1S/C24H20ClN2O2/c25-21-7-8-24-20(12-21)13-22(29-24)14-26-9-10-27(16-26)15-23(28)19-6-5-17-3-1-2-4-18(17)11-19/h1-12,16,22H,13-15H2/q+1. The molecule has 3 aromatic carbocycles. The van der Waals surface area contributed by atoms with Crippen LogP contribution in [0.5, 0.6) is 5.75 Å². The normalized spacial score (nSPS) is 15.3. The predicted molar refractivity (Wildman–Crippen MR) is 112 cm³/mol. The van der Waals surface area contributed by atoms with E-state index < -0.39 is 0 Å². The van der Waals surface area contributed by atoms with Crippen molar-refractivity contribution in [1.29, 1.82) is 0 Å². The molecule has 144 valence electrons. The first-order valence-corrected chi connectivity index (χ1v) is 10.0. The van der Waals surface area contributed by atoms with Gasteiger partial charge in [-0.15, -0.1) is 0 Å². The molecule has 1 aromatic heterocycles. The number of aromatic nitrogens is 2. The number of halogens is 1. The highest BCUT2D eigenvalue weighted by Gasteiger charge is 2.25. The Bertz CT molecular complexity index is 1210. The van der Waals surface area contributed by atoms with Gasteiger partial charge in [0.1, 0.15) is 30.8 Å². The van der Waals surface area contributed by atoms with E-state index in [1.165, 1.54) is 0 Å². The van der Waals surface area contributed by atoms with E-state index in [-0.39, 0.29) is 11.9 Å². The third-order valence-electron chi connectivity index (χ3n) is 5.32. The maximum atomic E-state index is 12.7. The van der Waals surface area contributed by atoms with Crippen LogP contribution in [0, 0.1) is 0 Å². The number of benzene rings is 3. The quantitative estimate of drug-likeness (QED) is 0.364. The average Bonchev–Trinajstić information content (AvgIpc) is 3.33. The van der Waals surface area contributed by atoms with E-state index in [0.29, 0.717) is 6.54 Å². The molecule has 0 saturated heterocycles. The molecule has 1 atom stereocenters. The number of imidazole rings is 1. The highest BCUT2D eigenvalue weighted by Crippen LogP contribution is 2.31. The number of ether oxygens (including phenoxy) is 1. The minimum Gasteiger partial charge on any atom is -0.486 e. The number of fused-ring (bicyclic) bond motifs is 2. The number of hydrogen-bond donors (Lipinski definition) is 0. The lowest BCUT2D eigenvalue weighted by molar-refractivity contribution is -0.682. The molecule has 5 heteroatoms. The van der Waals surface area contributed by atoms with Crippen molar-refractivity contribution in [3.63, 3.8) is 0 Å². The molecule has 0 fully saturated rings. The second-order valence-corrected chi connectivity index (χ2v) is 7.90. The van der Waals surface area contributed by atoms with E-state index in [1.807, 2.05) is 77.9 Å². The minimum absolute atomic E-state index is 0.0699. The predicted octanol–water partition coefficient (Wildman–Crippen LogP) is 4.47. The second kappa shape index (κ2) is 7.37. The molecule has 2 heterocycles. The van der Waals surface area contributed by atoms with E-state index >= 15 is 0 Å². The number of carbonyl (C=O) groups excluding carboxylic acids is 1. The van der Waals surface area contributed by atoms with Crippen molar-refractivity contribution >= 4 is 28.2 Å². The van der Waals surface area contributed by atoms with Gasteiger partial charge in [0.2, 0.25) is 12.1 Å². The average molecular weight is 404 g/mol. The first kappa shape index (κ1) is 18.0. The summed E-state index contributed by atoms with van der Waals surface area (Å²) in [5, 5.41) is 2.96. The fraction of sp³-hybridized carbons (Fsp3) is 0.167. The number of Topliss-reactive ketones (excluding diaryl/α,β-unsaturated/α-hetero) is 1. The van der Waals surface area contributed by atoms with Gasteiger partial charge in [0, 0.05) is 17.0 Å². The van der Waals surface area contributed by atoms with Crippen LogP contribution in [0.15, 0.2) is 79.4 Å². The van der Waals surface area contributed by atoms with Crippen LogP contribution >= 0.6 is 11.6 Å². The smallest absolute Gasteiger partial charge is 0.244 e. The summed E-state index contributed by atoms with van der Waals surface area (Å²) in [6.07, 6.45) is 6.77. The molecule has 0 bridgehead atoms. The lowest BCUT2D eigenvalue weighted by Gasteiger charge is -2.07. The molecule has 0 spiro atoms. The second-order valence-electron chi connectivity index (χ2n) is 7.46. The number of nitrogens with zero attached hydrogens (tertiary/aromatic N) is 2. The molecule has 4 aromatic rings. The highest BCUT2D eigenvalue weighted by molar-refractivity contribution is 6.30. The zero-order valence-corrected chi connectivity index (χ0v) is 16.5. The van der Waals surface area contributed by atoms with Gasteiger partial charge in [-0.25, -0.2) is 9.13 Å². The zero-order valence-electron chi connectivity index (χ0n) is 15.8. The monoisotopic (exact) mass is 403 g/mol. The third kappa shape index (κ3) is 3.76. The van der Waals surface area contributed by atoms with Gasteiger partial charge in [-0.2, -0.15) is 0 Å². The molecular weight excluding hydrogens is 384 g/mol. The van der Waals surface area contributed by atoms with Gasteiger partial charge < -0.3 is 4.74 Å². The molecule has 5 rings (SSSR count). The van der Waals surface area contributed by atoms with Crippen LogP contribution in [0.3, 0.4) is 0 Å². The molecule has 0 radical (unpaired) electrons. The van der Waals surface area contributed by atoms with Crippen LogP contribution in [0.1, 0.15) is 15.9 Å². The molecule has 1 aliphatic rings. The first-order valence-electron chi connectivity index (χ1n) is 9.66. The number of carbonyl (C=O) groups is 1. The van der Waals surface area contributed by atoms with Crippen molar-refractivity contribution in [2.24, 2.45) is 0 Å². The van der Waals surface area contributed by atoms with Crippen molar-refractivity contribution < 1.29 is 14.1 Å². The van der Waals surface area contributed by atoms with E-state index in [2.05, 4.69) is 10.6 Å². The molecule has 4 nitrogen and oxygen atoms in total. The molecular formula is C24H20ClN2O2+. The summed E-state index contributed by atoms with van der Waals surface area (Å²) in [5.74, 6) is 1.00. The van der Waals surface area contributed by atoms with Gasteiger partial charge in [0.15, 0.2) is 6.54 Å². The number of ketones is 1. The SMILES string of the molecule is O=C(C[n+]1ccn(CC2Cc3cc(Cl)ccc3O2)c1)c1ccc2ccccc2c1. The third-order valence-corrected chi connectivity index (χ3v) is 5.56. The molecule has 29 heavy (non-hydrogen) atoms. The van der Waals surface area contributed by atoms with Gasteiger partial charge in [0.25, 0.3) is 0 Å². The van der Waals surface area contributed by atoms with Crippen molar-refractivity contribution in [3.05, 3.63) is 95.5 Å². The van der Waals surface area contributed by atoms with Crippen molar-refractivity contribution in [2.45, 2.75) is 25.6 Å². The van der Waals surface area contributed by atoms with E-state index in [9.17, 15) is 4.79 Å². The summed E-state index contributed by atoms with van der Waals surface area (Å²) in [4.78, 5) is 12.7. The van der Waals surface area contributed by atoms with Crippen molar-refractivity contribution in [3.8, 4) is 5.75 Å². The zero-order chi connectivity index (χ0) is 19.8. The lowest BCUT2D eigenvalue weighted by Crippen LogP contribution is -2.36. The maximum Gasteiger partial charge on any atom is 0.244 e. The van der Waals surface area contributed by atoms with Gasteiger partial charge >= 0.3 is 0 Å². The minimum atomic E-state index is 0.0699. The molecule has 1 unspecified atom stereocenters. The van der Waals surface area contributed by atoms with Gasteiger partial charge in [-0.3, -0.25) is 4.79 Å². The van der Waals surface area contributed by atoms with Gasteiger partial charge in [-0.1, -0.05) is 48.0 Å². The Morgan fingerprint density at radius 2 is 1.97 bits per heavy atom. The van der Waals surface area contributed by atoms with E-state index in [1.54, 1.807) is 0 Å². The summed E-state index contributed by atoms with van der Waals surface area (Å²) in [6, 6.07) is 19.7. The summed E-state index contributed by atoms with van der Waals surface area (Å²) in [5.41, 5.74) is 1.88. The van der Waals surface area contributed by atoms with E-state index in [0.717, 1.165) is 45.6 Å². The Kier molecular flexibility index (Phi) is 4.57. The molecule has 0 amide bonds. The largest absolute Gasteiger partial charge is 0.486 e. The topological polar surface area (TPSA) is 35.1 Å². The van der Waals surface area contributed by atoms with Crippen LogP contribution in [0.25, 0.3) is 10.8 Å². The van der Waals surface area contributed by atoms with Gasteiger partial charge in [-0.05, 0) is 40.6 Å². The van der Waals surface area contributed by atoms with Crippen LogP contribution in [-0.4, -0.2) is 16.5 Å². The summed E-state index contributed by atoms with van der Waals surface area (Å²) in [6.45, 7) is 1.04. The Morgan fingerprint density at radius 3 is 2.86 bits per heavy atom. The summed E-state index contributed by atoms with van der Waals surface area (Å²) < 4.78 is 9.99. The lowest BCUT2D eigenvalue weighted by atomic mass is 10.0.